The molecule has 3 unspecified atom stereocenters. The number of allylic oxidation sites excluding steroid dienone is 1. The van der Waals surface area contributed by atoms with Crippen LogP contribution in [0.3, 0.4) is 0 Å². The monoisotopic (exact) mass is 297 g/mol. The van der Waals surface area contributed by atoms with E-state index in [9.17, 15) is 9.18 Å². The summed E-state index contributed by atoms with van der Waals surface area (Å²) in [6.45, 7) is 6.33. The first kappa shape index (κ1) is 13.9. The van der Waals surface area contributed by atoms with Gasteiger partial charge in [0.05, 0.1) is 5.54 Å². The lowest BCUT2D eigenvalue weighted by Gasteiger charge is -2.38. The van der Waals surface area contributed by atoms with Crippen molar-refractivity contribution in [3.05, 3.63) is 46.8 Å². The Morgan fingerprint density at radius 3 is 2.82 bits per heavy atom. The molecule has 0 N–H and O–H groups in total. The predicted octanol–water partition coefficient (Wildman–Crippen LogP) is 4.31. The highest BCUT2D eigenvalue weighted by Gasteiger charge is 2.48. The molecule has 0 saturated heterocycles. The molecule has 1 saturated carbocycles. The minimum atomic E-state index is -0.225. The minimum absolute atomic E-state index is 0.0113. The van der Waals surface area contributed by atoms with Crippen molar-refractivity contribution in [2.75, 3.05) is 0 Å². The number of Topliss-reactive ketones (excluding diaryl/α,β-unsaturated/α-hetero) is 1. The zero-order valence-corrected chi connectivity index (χ0v) is 13.2. The molecule has 1 fully saturated rings. The summed E-state index contributed by atoms with van der Waals surface area (Å²) in [4.78, 5) is 17.5. The molecule has 0 aromatic heterocycles. The van der Waals surface area contributed by atoms with E-state index in [-0.39, 0.29) is 34.9 Å². The maximum absolute atomic E-state index is 14.3. The molecule has 0 spiro atoms. The Morgan fingerprint density at radius 1 is 1.27 bits per heavy atom. The summed E-state index contributed by atoms with van der Waals surface area (Å²) in [6, 6.07) is 4.89. The molecule has 114 valence electrons. The molecule has 1 aromatic rings. The Labute approximate surface area is 130 Å². The molecule has 1 aliphatic heterocycles. The number of ketones is 1. The Balaban J connectivity index is 1.79. The van der Waals surface area contributed by atoms with Crippen LogP contribution >= 0.6 is 0 Å². The first-order chi connectivity index (χ1) is 10.4. The molecule has 2 aliphatic carbocycles. The van der Waals surface area contributed by atoms with Crippen LogP contribution in [-0.2, 0) is 0 Å². The molecule has 0 radical (unpaired) electrons. The van der Waals surface area contributed by atoms with Crippen LogP contribution in [0.25, 0.3) is 0 Å². The van der Waals surface area contributed by atoms with Crippen molar-refractivity contribution in [3.8, 4) is 0 Å². The fourth-order valence-corrected chi connectivity index (χ4v) is 4.62. The quantitative estimate of drug-likeness (QED) is 0.656. The van der Waals surface area contributed by atoms with Gasteiger partial charge in [0.1, 0.15) is 5.82 Å². The Bertz CT molecular complexity index is 744. The molecule has 0 amide bonds. The van der Waals surface area contributed by atoms with E-state index >= 15 is 0 Å². The lowest BCUT2D eigenvalue weighted by Crippen LogP contribution is -2.37. The number of fused-ring (bicyclic) bond motifs is 4. The number of dihydropyridines is 1. The molecular formula is C19H20FNO. The average molecular weight is 297 g/mol. The topological polar surface area (TPSA) is 29.4 Å². The number of benzene rings is 1. The Hall–Kier alpha value is -1.77. The van der Waals surface area contributed by atoms with Crippen molar-refractivity contribution in [1.29, 1.82) is 0 Å². The lowest BCUT2D eigenvalue weighted by molar-refractivity contribution is 0.0916. The normalized spacial score (nSPS) is 31.8. The van der Waals surface area contributed by atoms with Crippen molar-refractivity contribution in [2.24, 2.45) is 16.8 Å². The number of hydrogen-bond acceptors (Lipinski definition) is 2. The van der Waals surface area contributed by atoms with Crippen LogP contribution in [0.1, 0.15) is 55.5 Å². The van der Waals surface area contributed by atoms with Crippen molar-refractivity contribution < 1.29 is 9.18 Å². The zero-order chi connectivity index (χ0) is 15.6. The number of halogens is 1. The molecule has 3 atom stereocenters. The minimum Gasteiger partial charge on any atom is -0.294 e. The molecule has 2 nitrogen and oxygen atoms in total. The van der Waals surface area contributed by atoms with Crippen LogP contribution in [0.4, 0.5) is 4.39 Å². The molecule has 3 aliphatic rings. The second-order valence-corrected chi connectivity index (χ2v) is 7.42. The number of nitrogens with zero attached hydrogens (tertiary/aromatic N) is 1. The molecule has 1 aromatic carbocycles. The summed E-state index contributed by atoms with van der Waals surface area (Å²) in [5.41, 5.74) is 3.49. The molecular weight excluding hydrogens is 277 g/mol. The van der Waals surface area contributed by atoms with E-state index in [1.165, 1.54) is 11.6 Å². The van der Waals surface area contributed by atoms with E-state index in [1.807, 2.05) is 0 Å². The summed E-state index contributed by atoms with van der Waals surface area (Å²) in [7, 11) is 0. The molecule has 3 heteroatoms. The van der Waals surface area contributed by atoms with E-state index in [0.717, 1.165) is 12.1 Å². The van der Waals surface area contributed by atoms with Gasteiger partial charge in [-0.15, -0.1) is 0 Å². The number of carbonyl (C=O) groups excluding carboxylic acids is 1. The summed E-state index contributed by atoms with van der Waals surface area (Å²) in [6.07, 6.45) is 3.69. The first-order valence-electron chi connectivity index (χ1n) is 7.98. The van der Waals surface area contributed by atoms with Gasteiger partial charge in [0, 0.05) is 28.7 Å². The van der Waals surface area contributed by atoms with E-state index in [2.05, 4.69) is 26.8 Å². The number of aliphatic imine (C=N–C) groups is 1. The third-order valence-corrected chi connectivity index (χ3v) is 5.39. The highest BCUT2D eigenvalue weighted by Crippen LogP contribution is 2.50. The van der Waals surface area contributed by atoms with Gasteiger partial charge in [-0.05, 0) is 45.6 Å². The van der Waals surface area contributed by atoms with Gasteiger partial charge < -0.3 is 0 Å². The van der Waals surface area contributed by atoms with Crippen LogP contribution in [0.15, 0.2) is 34.8 Å². The summed E-state index contributed by atoms with van der Waals surface area (Å²) >= 11 is 0. The van der Waals surface area contributed by atoms with Gasteiger partial charge in [0.15, 0.2) is 5.78 Å². The lowest BCUT2D eigenvalue weighted by atomic mass is 9.69. The molecule has 4 rings (SSSR count). The van der Waals surface area contributed by atoms with Crippen LogP contribution in [-0.4, -0.2) is 17.0 Å². The fraction of sp³-hybridized carbons (Fsp3) is 0.474. The Morgan fingerprint density at radius 2 is 2.05 bits per heavy atom. The average Bonchev–Trinajstić information content (AvgIpc) is 2.71. The van der Waals surface area contributed by atoms with E-state index < -0.39 is 0 Å². The number of carbonyl (C=O) groups is 1. The van der Waals surface area contributed by atoms with Crippen LogP contribution in [0.2, 0.25) is 0 Å². The van der Waals surface area contributed by atoms with Crippen LogP contribution < -0.4 is 0 Å². The first-order valence-corrected chi connectivity index (χ1v) is 7.98. The standard InChI is InChI=1S/C19H20FNO/c1-10-9-19(2,3)21-16-8-14-13(7-12(10)16)17-11(18(14)22)5-4-6-15(17)20/h4-6,9,12-14H,7-8H2,1-3H3. The summed E-state index contributed by atoms with van der Waals surface area (Å²) < 4.78 is 14.3. The van der Waals surface area contributed by atoms with E-state index in [4.69, 9.17) is 4.99 Å². The van der Waals surface area contributed by atoms with Gasteiger partial charge in [-0.1, -0.05) is 23.8 Å². The number of hydrogen-bond donors (Lipinski definition) is 0. The smallest absolute Gasteiger partial charge is 0.167 e. The highest BCUT2D eigenvalue weighted by atomic mass is 19.1. The fourth-order valence-electron chi connectivity index (χ4n) is 4.62. The summed E-state index contributed by atoms with van der Waals surface area (Å²) in [5.74, 6) is 0.0376. The second-order valence-electron chi connectivity index (χ2n) is 7.42. The SMILES string of the molecule is CC1=CC(C)(C)N=C2CC3C(=O)c4cccc(F)c4C3CC12. The maximum Gasteiger partial charge on any atom is 0.167 e. The second kappa shape index (κ2) is 4.37. The van der Waals surface area contributed by atoms with Gasteiger partial charge in [0.25, 0.3) is 0 Å². The zero-order valence-electron chi connectivity index (χ0n) is 13.2. The maximum atomic E-state index is 14.3. The highest BCUT2D eigenvalue weighted by molar-refractivity contribution is 6.07. The molecule has 1 heterocycles. The van der Waals surface area contributed by atoms with Crippen LogP contribution in [0, 0.1) is 17.7 Å². The van der Waals surface area contributed by atoms with Gasteiger partial charge in [-0.25, -0.2) is 4.39 Å². The van der Waals surface area contributed by atoms with Crippen molar-refractivity contribution in [3.63, 3.8) is 0 Å². The van der Waals surface area contributed by atoms with Crippen LogP contribution in [0.5, 0.6) is 0 Å². The van der Waals surface area contributed by atoms with E-state index in [0.29, 0.717) is 17.5 Å². The van der Waals surface area contributed by atoms with Gasteiger partial charge in [-0.2, -0.15) is 0 Å². The van der Waals surface area contributed by atoms with E-state index in [1.54, 1.807) is 12.1 Å². The van der Waals surface area contributed by atoms with Crippen molar-refractivity contribution in [1.82, 2.24) is 0 Å². The Kier molecular flexibility index (Phi) is 2.76. The third kappa shape index (κ3) is 1.84. The van der Waals surface area contributed by atoms with Gasteiger partial charge >= 0.3 is 0 Å². The molecule has 22 heavy (non-hydrogen) atoms. The van der Waals surface area contributed by atoms with Crippen molar-refractivity contribution in [2.45, 2.75) is 45.1 Å². The molecule has 0 bridgehead atoms. The van der Waals surface area contributed by atoms with Crippen molar-refractivity contribution >= 4 is 11.5 Å². The number of rotatable bonds is 0. The third-order valence-electron chi connectivity index (χ3n) is 5.39. The van der Waals surface area contributed by atoms with Gasteiger partial charge in [0.2, 0.25) is 0 Å². The summed E-state index contributed by atoms with van der Waals surface area (Å²) in [5, 5.41) is 0. The predicted molar refractivity (Wildman–Crippen MR) is 85.0 cm³/mol. The largest absolute Gasteiger partial charge is 0.294 e. The van der Waals surface area contributed by atoms with Gasteiger partial charge in [-0.3, -0.25) is 9.79 Å².